The molecule has 132 valence electrons. The quantitative estimate of drug-likeness (QED) is 0.741. The van der Waals surface area contributed by atoms with Gasteiger partial charge in [-0.1, -0.05) is 5.21 Å². The summed E-state index contributed by atoms with van der Waals surface area (Å²) in [4.78, 5) is 24.4. The highest BCUT2D eigenvalue weighted by Gasteiger charge is 2.23. The van der Waals surface area contributed by atoms with Gasteiger partial charge in [0.05, 0.1) is 5.52 Å². The minimum atomic E-state index is -0.229. The number of aromatic nitrogens is 3. The molecule has 4 rings (SSSR count). The molecule has 26 heavy (non-hydrogen) atoms. The summed E-state index contributed by atoms with van der Waals surface area (Å²) in [6.45, 7) is 2.71. The van der Waals surface area contributed by atoms with Gasteiger partial charge in [0.25, 0.3) is 11.8 Å². The number of hydrogen-bond acceptors (Lipinski definition) is 4. The second-order valence-electron chi connectivity index (χ2n) is 6.39. The second-order valence-corrected chi connectivity index (χ2v) is 6.39. The number of carbonyl (C=O) groups is 2. The van der Waals surface area contributed by atoms with Crippen LogP contribution in [0.4, 0.5) is 5.69 Å². The first-order chi connectivity index (χ1) is 12.6. The Morgan fingerprint density at radius 3 is 2.50 bits per heavy atom. The molecule has 7 heteroatoms. The van der Waals surface area contributed by atoms with Crippen molar-refractivity contribution in [1.82, 2.24) is 20.3 Å². The highest BCUT2D eigenvalue weighted by molar-refractivity contribution is 6.06. The summed E-state index contributed by atoms with van der Waals surface area (Å²) < 4.78 is 1.78. The van der Waals surface area contributed by atoms with Gasteiger partial charge in [0.1, 0.15) is 5.52 Å². The number of carbonyl (C=O) groups excluding carboxylic acids is 2. The molecule has 1 fully saturated rings. The highest BCUT2D eigenvalue weighted by Crippen LogP contribution is 2.20. The van der Waals surface area contributed by atoms with E-state index in [1.54, 1.807) is 41.1 Å². The lowest BCUT2D eigenvalue weighted by atomic mass is 10.1. The Bertz CT molecular complexity index is 973. The molecule has 0 unspecified atom stereocenters. The highest BCUT2D eigenvalue weighted by atomic mass is 16.2. The van der Waals surface area contributed by atoms with Crippen LogP contribution in [0.15, 0.2) is 42.5 Å². The number of aryl methyl sites for hydroxylation is 1. The summed E-state index contributed by atoms with van der Waals surface area (Å²) in [5.74, 6) is -0.303. The molecule has 0 saturated heterocycles. The lowest BCUT2D eigenvalue weighted by Crippen LogP contribution is -2.25. The predicted octanol–water partition coefficient (Wildman–Crippen LogP) is 2.60. The maximum Gasteiger partial charge on any atom is 0.255 e. The van der Waals surface area contributed by atoms with Gasteiger partial charge in [-0.2, -0.15) is 0 Å². The first-order valence-corrected chi connectivity index (χ1v) is 8.69. The first kappa shape index (κ1) is 16.3. The molecule has 3 aromatic rings. The maximum atomic E-state index is 12.5. The van der Waals surface area contributed by atoms with Crippen LogP contribution in [0.3, 0.4) is 0 Å². The lowest BCUT2D eigenvalue weighted by Gasteiger charge is -2.07. The fourth-order valence-corrected chi connectivity index (χ4v) is 2.75. The molecule has 1 saturated carbocycles. The zero-order valence-electron chi connectivity index (χ0n) is 14.4. The topological polar surface area (TPSA) is 88.9 Å². The first-order valence-electron chi connectivity index (χ1n) is 8.69. The van der Waals surface area contributed by atoms with E-state index in [4.69, 9.17) is 0 Å². The summed E-state index contributed by atoms with van der Waals surface area (Å²) in [6.07, 6.45) is 2.10. The number of nitrogens with zero attached hydrogens (tertiary/aromatic N) is 3. The van der Waals surface area contributed by atoms with Crippen LogP contribution in [0, 0.1) is 0 Å². The van der Waals surface area contributed by atoms with E-state index in [9.17, 15) is 9.59 Å². The Hall–Kier alpha value is -3.22. The Labute approximate surface area is 150 Å². The number of amides is 2. The number of hydrogen-bond donors (Lipinski definition) is 2. The standard InChI is InChI=1S/C19H19N5O2/c1-2-24-17-10-5-13(11-16(17)22-23-24)19(26)21-14-6-3-12(4-7-14)18(25)20-15-8-9-15/h3-7,10-11,15H,2,8-9H2,1H3,(H,20,25)(H,21,26). The van der Waals surface area contributed by atoms with Gasteiger partial charge >= 0.3 is 0 Å². The molecule has 0 bridgehead atoms. The Kier molecular flexibility index (Phi) is 4.12. The number of rotatable bonds is 5. The van der Waals surface area contributed by atoms with Crippen LogP contribution >= 0.6 is 0 Å². The van der Waals surface area contributed by atoms with E-state index in [1.165, 1.54) is 0 Å². The summed E-state index contributed by atoms with van der Waals surface area (Å²) >= 11 is 0. The van der Waals surface area contributed by atoms with Crippen molar-refractivity contribution in [3.05, 3.63) is 53.6 Å². The number of fused-ring (bicyclic) bond motifs is 1. The van der Waals surface area contributed by atoms with Crippen molar-refractivity contribution in [3.8, 4) is 0 Å². The minimum Gasteiger partial charge on any atom is -0.349 e. The van der Waals surface area contributed by atoms with E-state index >= 15 is 0 Å². The number of anilines is 1. The summed E-state index contributed by atoms with van der Waals surface area (Å²) in [5.41, 5.74) is 3.32. The van der Waals surface area contributed by atoms with Gasteiger partial charge in [0, 0.05) is 29.4 Å². The molecule has 2 amide bonds. The van der Waals surface area contributed by atoms with Gasteiger partial charge in [-0.25, -0.2) is 4.68 Å². The molecule has 1 aliphatic carbocycles. The van der Waals surface area contributed by atoms with Gasteiger partial charge in [-0.05, 0) is 62.2 Å². The van der Waals surface area contributed by atoms with Crippen molar-refractivity contribution in [2.45, 2.75) is 32.4 Å². The number of benzene rings is 2. The molecule has 1 aliphatic rings. The molecular weight excluding hydrogens is 330 g/mol. The Balaban J connectivity index is 1.46. The fourth-order valence-electron chi connectivity index (χ4n) is 2.75. The van der Waals surface area contributed by atoms with Crippen molar-refractivity contribution in [2.75, 3.05) is 5.32 Å². The van der Waals surface area contributed by atoms with E-state index in [0.29, 0.717) is 28.4 Å². The van der Waals surface area contributed by atoms with Gasteiger partial charge < -0.3 is 10.6 Å². The van der Waals surface area contributed by atoms with Gasteiger partial charge in [-0.3, -0.25) is 9.59 Å². The lowest BCUT2D eigenvalue weighted by molar-refractivity contribution is 0.0950. The van der Waals surface area contributed by atoms with E-state index in [1.807, 2.05) is 13.0 Å². The zero-order chi connectivity index (χ0) is 18.1. The van der Waals surface area contributed by atoms with Crippen molar-refractivity contribution in [2.24, 2.45) is 0 Å². The largest absolute Gasteiger partial charge is 0.349 e. The second kappa shape index (κ2) is 6.59. The third kappa shape index (κ3) is 3.28. The van der Waals surface area contributed by atoms with E-state index in [2.05, 4.69) is 20.9 Å². The summed E-state index contributed by atoms with van der Waals surface area (Å²) in [5, 5.41) is 13.9. The van der Waals surface area contributed by atoms with Crippen molar-refractivity contribution >= 4 is 28.5 Å². The molecule has 0 spiro atoms. The minimum absolute atomic E-state index is 0.0742. The van der Waals surface area contributed by atoms with Crippen molar-refractivity contribution < 1.29 is 9.59 Å². The Morgan fingerprint density at radius 1 is 1.08 bits per heavy atom. The van der Waals surface area contributed by atoms with Crippen LogP contribution in [-0.4, -0.2) is 32.9 Å². The van der Waals surface area contributed by atoms with Crippen LogP contribution in [0.25, 0.3) is 11.0 Å². The molecular formula is C19H19N5O2. The van der Waals surface area contributed by atoms with Crippen LogP contribution in [-0.2, 0) is 6.54 Å². The summed E-state index contributed by atoms with van der Waals surface area (Å²) in [7, 11) is 0. The van der Waals surface area contributed by atoms with E-state index < -0.39 is 0 Å². The van der Waals surface area contributed by atoms with Gasteiger partial charge in [0.15, 0.2) is 0 Å². The molecule has 1 heterocycles. The normalized spacial score (nSPS) is 13.6. The molecule has 7 nitrogen and oxygen atoms in total. The van der Waals surface area contributed by atoms with E-state index in [-0.39, 0.29) is 11.8 Å². The number of nitrogens with one attached hydrogen (secondary N) is 2. The maximum absolute atomic E-state index is 12.5. The van der Waals surface area contributed by atoms with Crippen LogP contribution in [0.2, 0.25) is 0 Å². The third-order valence-corrected chi connectivity index (χ3v) is 4.39. The predicted molar refractivity (Wildman–Crippen MR) is 98.1 cm³/mol. The average molecular weight is 349 g/mol. The third-order valence-electron chi connectivity index (χ3n) is 4.39. The van der Waals surface area contributed by atoms with E-state index in [0.717, 1.165) is 24.9 Å². The summed E-state index contributed by atoms with van der Waals surface area (Å²) in [6, 6.07) is 12.5. The molecule has 0 radical (unpaired) electrons. The molecule has 2 N–H and O–H groups in total. The van der Waals surface area contributed by atoms with Crippen molar-refractivity contribution in [3.63, 3.8) is 0 Å². The van der Waals surface area contributed by atoms with Crippen LogP contribution in [0.1, 0.15) is 40.5 Å². The SMILES string of the molecule is CCn1nnc2cc(C(=O)Nc3ccc(C(=O)NC4CC4)cc3)ccc21. The van der Waals surface area contributed by atoms with Gasteiger partial charge in [-0.15, -0.1) is 5.10 Å². The Morgan fingerprint density at radius 2 is 1.81 bits per heavy atom. The van der Waals surface area contributed by atoms with Gasteiger partial charge in [0.2, 0.25) is 0 Å². The van der Waals surface area contributed by atoms with Crippen LogP contribution < -0.4 is 10.6 Å². The van der Waals surface area contributed by atoms with Crippen molar-refractivity contribution in [1.29, 1.82) is 0 Å². The molecule has 0 aliphatic heterocycles. The zero-order valence-corrected chi connectivity index (χ0v) is 14.4. The monoisotopic (exact) mass is 349 g/mol. The fraction of sp³-hybridized carbons (Fsp3) is 0.263. The average Bonchev–Trinajstić information content (AvgIpc) is 3.38. The van der Waals surface area contributed by atoms with Crippen LogP contribution in [0.5, 0.6) is 0 Å². The molecule has 0 atom stereocenters. The smallest absolute Gasteiger partial charge is 0.255 e. The molecule has 2 aromatic carbocycles. The molecule has 1 aromatic heterocycles.